The van der Waals surface area contributed by atoms with Gasteiger partial charge in [-0.1, -0.05) is 0 Å². The summed E-state index contributed by atoms with van der Waals surface area (Å²) in [6.07, 6.45) is 5.52. The van der Waals surface area contributed by atoms with Crippen LogP contribution in [0.25, 0.3) is 0 Å². The SMILES string of the molecule is Cc1cc(C2C(CNC3CC3)CCCN2C)c(C)s1. The van der Waals surface area contributed by atoms with Crippen LogP contribution in [0.15, 0.2) is 6.07 Å². The second kappa shape index (κ2) is 5.55. The minimum absolute atomic E-state index is 0.630. The normalized spacial score (nSPS) is 28.8. The van der Waals surface area contributed by atoms with Crippen LogP contribution in [0, 0.1) is 19.8 Å². The molecule has 1 aliphatic carbocycles. The largest absolute Gasteiger partial charge is 0.314 e. The van der Waals surface area contributed by atoms with E-state index in [4.69, 9.17) is 0 Å². The van der Waals surface area contributed by atoms with Gasteiger partial charge in [-0.05, 0) is 70.7 Å². The number of hydrogen-bond donors (Lipinski definition) is 1. The Morgan fingerprint density at radius 3 is 2.74 bits per heavy atom. The van der Waals surface area contributed by atoms with Gasteiger partial charge < -0.3 is 5.32 Å². The van der Waals surface area contributed by atoms with Crippen molar-refractivity contribution in [2.45, 2.75) is 51.6 Å². The Bertz CT molecular complexity index is 436. The van der Waals surface area contributed by atoms with Crippen molar-refractivity contribution >= 4 is 11.3 Å². The molecule has 19 heavy (non-hydrogen) atoms. The van der Waals surface area contributed by atoms with E-state index in [0.29, 0.717) is 6.04 Å². The summed E-state index contributed by atoms with van der Waals surface area (Å²) < 4.78 is 0. The lowest BCUT2D eigenvalue weighted by molar-refractivity contribution is 0.119. The molecule has 2 heterocycles. The summed E-state index contributed by atoms with van der Waals surface area (Å²) in [6.45, 7) is 6.98. The molecule has 0 bridgehead atoms. The highest BCUT2D eigenvalue weighted by Gasteiger charge is 2.33. The van der Waals surface area contributed by atoms with Gasteiger partial charge in [0.15, 0.2) is 0 Å². The van der Waals surface area contributed by atoms with Gasteiger partial charge >= 0.3 is 0 Å². The Hall–Kier alpha value is -0.380. The van der Waals surface area contributed by atoms with E-state index in [1.54, 1.807) is 5.56 Å². The van der Waals surface area contributed by atoms with E-state index in [1.165, 1.54) is 48.5 Å². The van der Waals surface area contributed by atoms with Crippen LogP contribution in [0.3, 0.4) is 0 Å². The van der Waals surface area contributed by atoms with Gasteiger partial charge in [0.2, 0.25) is 0 Å². The number of thiophene rings is 1. The van der Waals surface area contributed by atoms with Crippen LogP contribution in [0.2, 0.25) is 0 Å². The van der Waals surface area contributed by atoms with E-state index in [9.17, 15) is 0 Å². The number of nitrogens with zero attached hydrogens (tertiary/aromatic N) is 1. The molecule has 2 aliphatic rings. The third-order valence-corrected chi connectivity index (χ3v) is 5.63. The Kier molecular flexibility index (Phi) is 3.97. The molecular weight excluding hydrogens is 252 g/mol. The van der Waals surface area contributed by atoms with Crippen molar-refractivity contribution in [1.82, 2.24) is 10.2 Å². The topological polar surface area (TPSA) is 15.3 Å². The zero-order valence-electron chi connectivity index (χ0n) is 12.4. The maximum absolute atomic E-state index is 3.75. The zero-order chi connectivity index (χ0) is 13.4. The molecule has 1 aliphatic heterocycles. The molecule has 1 aromatic heterocycles. The summed E-state index contributed by atoms with van der Waals surface area (Å²) in [5.74, 6) is 0.784. The molecule has 1 aromatic rings. The predicted molar refractivity (Wildman–Crippen MR) is 82.9 cm³/mol. The Morgan fingerprint density at radius 2 is 2.11 bits per heavy atom. The Labute approximate surface area is 121 Å². The monoisotopic (exact) mass is 278 g/mol. The second-order valence-corrected chi connectivity index (χ2v) is 7.84. The van der Waals surface area contributed by atoms with E-state index in [2.05, 4.69) is 37.2 Å². The fraction of sp³-hybridized carbons (Fsp3) is 0.750. The molecule has 0 aromatic carbocycles. The molecule has 2 atom stereocenters. The lowest BCUT2D eigenvalue weighted by atomic mass is 9.85. The minimum atomic E-state index is 0.630. The van der Waals surface area contributed by atoms with Crippen molar-refractivity contribution in [3.8, 4) is 0 Å². The zero-order valence-corrected chi connectivity index (χ0v) is 13.2. The van der Waals surface area contributed by atoms with E-state index >= 15 is 0 Å². The summed E-state index contributed by atoms with van der Waals surface area (Å²) in [7, 11) is 2.31. The first-order valence-corrected chi connectivity index (χ1v) is 8.47. The minimum Gasteiger partial charge on any atom is -0.314 e. The molecular formula is C16H26N2S. The van der Waals surface area contributed by atoms with Crippen molar-refractivity contribution in [2.24, 2.45) is 5.92 Å². The van der Waals surface area contributed by atoms with Crippen LogP contribution in [0.5, 0.6) is 0 Å². The highest BCUT2D eigenvalue weighted by Crippen LogP contribution is 2.39. The number of rotatable bonds is 4. The highest BCUT2D eigenvalue weighted by molar-refractivity contribution is 7.12. The van der Waals surface area contributed by atoms with E-state index < -0.39 is 0 Å². The van der Waals surface area contributed by atoms with Crippen LogP contribution in [0.4, 0.5) is 0 Å². The molecule has 1 saturated heterocycles. The average molecular weight is 278 g/mol. The van der Waals surface area contributed by atoms with Gasteiger partial charge in [0.25, 0.3) is 0 Å². The molecule has 0 radical (unpaired) electrons. The summed E-state index contributed by atoms with van der Waals surface area (Å²) in [6, 6.07) is 3.89. The van der Waals surface area contributed by atoms with Crippen molar-refractivity contribution in [3.05, 3.63) is 21.4 Å². The predicted octanol–water partition coefficient (Wildman–Crippen LogP) is 3.50. The van der Waals surface area contributed by atoms with Crippen LogP contribution >= 0.6 is 11.3 Å². The summed E-state index contributed by atoms with van der Waals surface area (Å²) in [5.41, 5.74) is 1.59. The van der Waals surface area contributed by atoms with Crippen molar-refractivity contribution in [3.63, 3.8) is 0 Å². The van der Waals surface area contributed by atoms with Crippen LogP contribution < -0.4 is 5.32 Å². The molecule has 3 rings (SSSR count). The van der Waals surface area contributed by atoms with Gasteiger partial charge in [-0.3, -0.25) is 4.90 Å². The number of nitrogens with one attached hydrogen (secondary N) is 1. The van der Waals surface area contributed by atoms with Crippen molar-refractivity contribution in [1.29, 1.82) is 0 Å². The molecule has 2 unspecified atom stereocenters. The van der Waals surface area contributed by atoms with E-state index in [0.717, 1.165) is 12.0 Å². The number of likely N-dealkylation sites (tertiary alicyclic amines) is 1. The highest BCUT2D eigenvalue weighted by atomic mass is 32.1. The van der Waals surface area contributed by atoms with Crippen molar-refractivity contribution in [2.75, 3.05) is 20.1 Å². The fourth-order valence-corrected chi connectivity index (χ4v) is 4.48. The maximum Gasteiger partial charge on any atom is 0.0396 e. The first kappa shape index (κ1) is 13.6. The summed E-state index contributed by atoms with van der Waals surface area (Å²) >= 11 is 1.96. The van der Waals surface area contributed by atoms with Gasteiger partial charge in [-0.15, -0.1) is 11.3 Å². The summed E-state index contributed by atoms with van der Waals surface area (Å²) in [4.78, 5) is 5.56. The van der Waals surface area contributed by atoms with Gasteiger partial charge in [-0.25, -0.2) is 0 Å². The molecule has 2 fully saturated rings. The van der Waals surface area contributed by atoms with Crippen LogP contribution in [-0.2, 0) is 0 Å². The average Bonchev–Trinajstić information content (AvgIpc) is 3.12. The maximum atomic E-state index is 3.75. The first-order valence-electron chi connectivity index (χ1n) is 7.65. The quantitative estimate of drug-likeness (QED) is 0.907. The standard InChI is InChI=1S/C16H26N2S/c1-11-9-15(12(2)19-11)16-13(5-4-8-18(16)3)10-17-14-6-7-14/h9,13-14,16-17H,4-8,10H2,1-3H3. The molecule has 1 saturated carbocycles. The molecule has 0 amide bonds. The van der Waals surface area contributed by atoms with E-state index in [-0.39, 0.29) is 0 Å². The molecule has 0 spiro atoms. The van der Waals surface area contributed by atoms with Crippen molar-refractivity contribution < 1.29 is 0 Å². The van der Waals surface area contributed by atoms with Gasteiger partial charge in [0.1, 0.15) is 0 Å². The lowest BCUT2D eigenvalue weighted by Crippen LogP contribution is -2.41. The number of aryl methyl sites for hydroxylation is 2. The van der Waals surface area contributed by atoms with Gasteiger partial charge in [0.05, 0.1) is 0 Å². The second-order valence-electron chi connectivity index (χ2n) is 6.38. The van der Waals surface area contributed by atoms with Gasteiger partial charge in [0, 0.05) is 28.4 Å². The Morgan fingerprint density at radius 1 is 1.32 bits per heavy atom. The van der Waals surface area contributed by atoms with Crippen LogP contribution in [-0.4, -0.2) is 31.1 Å². The third kappa shape index (κ3) is 3.04. The van der Waals surface area contributed by atoms with E-state index in [1.807, 2.05) is 11.3 Å². The first-order chi connectivity index (χ1) is 9.15. The molecule has 106 valence electrons. The molecule has 2 nitrogen and oxygen atoms in total. The number of piperidine rings is 1. The Balaban J connectivity index is 1.77. The molecule has 1 N–H and O–H groups in total. The lowest BCUT2D eigenvalue weighted by Gasteiger charge is -2.39. The smallest absolute Gasteiger partial charge is 0.0396 e. The third-order valence-electron chi connectivity index (χ3n) is 4.65. The molecule has 3 heteroatoms. The summed E-state index contributed by atoms with van der Waals surface area (Å²) in [5, 5.41) is 3.75. The van der Waals surface area contributed by atoms with Crippen LogP contribution in [0.1, 0.15) is 47.0 Å². The number of hydrogen-bond acceptors (Lipinski definition) is 3. The van der Waals surface area contributed by atoms with Gasteiger partial charge in [-0.2, -0.15) is 0 Å². The fourth-order valence-electron chi connectivity index (χ4n) is 3.51.